The van der Waals surface area contributed by atoms with Gasteiger partial charge in [0.15, 0.2) is 5.96 Å². The average Bonchev–Trinajstić information content (AvgIpc) is 3.01. The van der Waals surface area contributed by atoms with Crippen molar-refractivity contribution in [3.63, 3.8) is 0 Å². The Hall–Kier alpha value is -0.810. The highest BCUT2D eigenvalue weighted by atomic mass is 16.5. The fourth-order valence-corrected chi connectivity index (χ4v) is 3.42. The molecule has 0 saturated carbocycles. The lowest BCUT2D eigenvalue weighted by Crippen LogP contribution is -2.49. The molecule has 2 aliphatic heterocycles. The summed E-state index contributed by atoms with van der Waals surface area (Å²) in [6, 6.07) is 0.562. The highest BCUT2D eigenvalue weighted by molar-refractivity contribution is 5.79. The number of rotatable bonds is 5. The standard InChI is InChI=1S/C17H34N4O/c1-14-5-8-21(9-6-14)15(2)11-19-17(18-3)20(4)12-16-7-10-22-13-16/h14-16H,5-13H2,1-4H3,(H,18,19). The molecule has 22 heavy (non-hydrogen) atoms. The predicted octanol–water partition coefficient (Wildman–Crippen LogP) is 1.65. The number of likely N-dealkylation sites (tertiary alicyclic amines) is 1. The van der Waals surface area contributed by atoms with Crippen LogP contribution in [-0.2, 0) is 4.74 Å². The minimum absolute atomic E-state index is 0.562. The molecule has 0 aromatic rings. The number of hydrogen-bond donors (Lipinski definition) is 1. The van der Waals surface area contributed by atoms with Crippen LogP contribution in [0.25, 0.3) is 0 Å². The predicted molar refractivity (Wildman–Crippen MR) is 92.4 cm³/mol. The van der Waals surface area contributed by atoms with Crippen LogP contribution < -0.4 is 5.32 Å². The maximum Gasteiger partial charge on any atom is 0.193 e. The zero-order valence-corrected chi connectivity index (χ0v) is 14.8. The second-order valence-electron chi connectivity index (χ2n) is 7.11. The number of piperidine rings is 1. The fraction of sp³-hybridized carbons (Fsp3) is 0.941. The Balaban J connectivity index is 1.72. The third-order valence-corrected chi connectivity index (χ3v) is 5.13. The fourth-order valence-electron chi connectivity index (χ4n) is 3.42. The molecule has 1 N–H and O–H groups in total. The van der Waals surface area contributed by atoms with Crippen molar-refractivity contribution in [3.8, 4) is 0 Å². The van der Waals surface area contributed by atoms with Gasteiger partial charge in [-0.15, -0.1) is 0 Å². The lowest BCUT2D eigenvalue weighted by atomic mass is 9.98. The largest absolute Gasteiger partial charge is 0.381 e. The molecule has 2 atom stereocenters. The number of aliphatic imine (C=N–C) groups is 1. The van der Waals surface area contributed by atoms with Crippen molar-refractivity contribution < 1.29 is 4.74 Å². The minimum atomic E-state index is 0.562. The molecule has 2 fully saturated rings. The minimum Gasteiger partial charge on any atom is -0.381 e. The van der Waals surface area contributed by atoms with Crippen LogP contribution in [0.5, 0.6) is 0 Å². The van der Waals surface area contributed by atoms with E-state index in [0.717, 1.165) is 38.2 Å². The van der Waals surface area contributed by atoms with Crippen LogP contribution in [0.4, 0.5) is 0 Å². The van der Waals surface area contributed by atoms with Crippen molar-refractivity contribution >= 4 is 5.96 Å². The van der Waals surface area contributed by atoms with E-state index < -0.39 is 0 Å². The first-order valence-electron chi connectivity index (χ1n) is 8.83. The molecule has 2 rings (SSSR count). The van der Waals surface area contributed by atoms with Gasteiger partial charge in [-0.2, -0.15) is 0 Å². The summed E-state index contributed by atoms with van der Waals surface area (Å²) >= 11 is 0. The monoisotopic (exact) mass is 310 g/mol. The maximum atomic E-state index is 5.46. The first-order chi connectivity index (χ1) is 10.6. The van der Waals surface area contributed by atoms with Crippen LogP contribution >= 0.6 is 0 Å². The lowest BCUT2D eigenvalue weighted by Gasteiger charge is -2.35. The molecular weight excluding hydrogens is 276 g/mol. The molecule has 2 saturated heterocycles. The number of ether oxygens (including phenoxy) is 1. The van der Waals surface area contributed by atoms with Gasteiger partial charge in [0.05, 0.1) is 6.61 Å². The highest BCUT2D eigenvalue weighted by Gasteiger charge is 2.22. The van der Waals surface area contributed by atoms with Crippen molar-refractivity contribution in [2.75, 3.05) is 53.5 Å². The number of nitrogens with one attached hydrogen (secondary N) is 1. The Bertz CT molecular complexity index is 347. The summed E-state index contributed by atoms with van der Waals surface area (Å²) in [4.78, 5) is 9.27. The van der Waals surface area contributed by atoms with Gasteiger partial charge in [0.1, 0.15) is 0 Å². The summed E-state index contributed by atoms with van der Waals surface area (Å²) < 4.78 is 5.46. The molecule has 2 unspecified atom stereocenters. The molecule has 0 bridgehead atoms. The molecule has 0 aliphatic carbocycles. The van der Waals surface area contributed by atoms with E-state index in [-0.39, 0.29) is 0 Å². The van der Waals surface area contributed by atoms with E-state index >= 15 is 0 Å². The molecule has 5 heteroatoms. The summed E-state index contributed by atoms with van der Waals surface area (Å²) in [6.45, 7) is 10.9. The average molecular weight is 310 g/mol. The third-order valence-electron chi connectivity index (χ3n) is 5.13. The molecule has 0 aromatic carbocycles. The van der Waals surface area contributed by atoms with Crippen molar-refractivity contribution in [3.05, 3.63) is 0 Å². The summed E-state index contributed by atoms with van der Waals surface area (Å²) in [5, 5.41) is 3.54. The highest BCUT2D eigenvalue weighted by Crippen LogP contribution is 2.17. The number of hydrogen-bond acceptors (Lipinski definition) is 3. The van der Waals surface area contributed by atoms with Crippen LogP contribution in [0.15, 0.2) is 4.99 Å². The van der Waals surface area contributed by atoms with Crippen LogP contribution in [0.1, 0.15) is 33.1 Å². The van der Waals surface area contributed by atoms with Gasteiger partial charge < -0.3 is 15.0 Å². The van der Waals surface area contributed by atoms with E-state index in [1.54, 1.807) is 0 Å². The molecule has 2 aliphatic rings. The second kappa shape index (κ2) is 8.73. The molecule has 2 heterocycles. The lowest BCUT2D eigenvalue weighted by molar-refractivity contribution is 0.147. The van der Waals surface area contributed by atoms with Gasteiger partial charge in [-0.25, -0.2) is 0 Å². The summed E-state index contributed by atoms with van der Waals surface area (Å²) in [7, 11) is 4.00. The zero-order chi connectivity index (χ0) is 15.9. The Morgan fingerprint density at radius 1 is 1.36 bits per heavy atom. The topological polar surface area (TPSA) is 40.1 Å². The van der Waals surface area contributed by atoms with Crippen LogP contribution in [-0.4, -0.2) is 75.3 Å². The van der Waals surface area contributed by atoms with E-state index in [1.807, 2.05) is 7.05 Å². The summed E-state index contributed by atoms with van der Waals surface area (Å²) in [5.74, 6) is 2.54. The van der Waals surface area contributed by atoms with Gasteiger partial charge in [0, 0.05) is 45.8 Å². The molecule has 0 spiro atoms. The van der Waals surface area contributed by atoms with E-state index in [1.165, 1.54) is 32.4 Å². The first-order valence-corrected chi connectivity index (χ1v) is 8.83. The Morgan fingerprint density at radius 3 is 2.68 bits per heavy atom. The molecule has 5 nitrogen and oxygen atoms in total. The van der Waals surface area contributed by atoms with Crippen LogP contribution in [0.2, 0.25) is 0 Å². The normalized spacial score (nSPS) is 26.2. The Morgan fingerprint density at radius 2 is 2.09 bits per heavy atom. The van der Waals surface area contributed by atoms with Crippen LogP contribution in [0, 0.1) is 11.8 Å². The van der Waals surface area contributed by atoms with E-state index in [4.69, 9.17) is 4.74 Å². The molecule has 0 amide bonds. The zero-order valence-electron chi connectivity index (χ0n) is 14.8. The van der Waals surface area contributed by atoms with Gasteiger partial charge in [0.2, 0.25) is 0 Å². The first kappa shape index (κ1) is 17.5. The quantitative estimate of drug-likeness (QED) is 0.619. The molecule has 0 radical (unpaired) electrons. The Kier molecular flexibility index (Phi) is 6.96. The Labute approximate surface area is 136 Å². The summed E-state index contributed by atoms with van der Waals surface area (Å²) in [5.41, 5.74) is 0. The second-order valence-corrected chi connectivity index (χ2v) is 7.11. The maximum absolute atomic E-state index is 5.46. The van der Waals surface area contributed by atoms with E-state index in [9.17, 15) is 0 Å². The van der Waals surface area contributed by atoms with Gasteiger partial charge in [-0.3, -0.25) is 9.89 Å². The third kappa shape index (κ3) is 5.13. The van der Waals surface area contributed by atoms with Gasteiger partial charge in [-0.05, 0) is 45.2 Å². The van der Waals surface area contributed by atoms with Crippen molar-refractivity contribution in [2.24, 2.45) is 16.8 Å². The SMILES string of the molecule is CN=C(NCC(C)N1CCC(C)CC1)N(C)CC1CCOC1. The van der Waals surface area contributed by atoms with Gasteiger partial charge in [0.25, 0.3) is 0 Å². The smallest absolute Gasteiger partial charge is 0.193 e. The van der Waals surface area contributed by atoms with Gasteiger partial charge in [-0.1, -0.05) is 6.92 Å². The number of nitrogens with zero attached hydrogens (tertiary/aromatic N) is 3. The molecule has 128 valence electrons. The molecule has 0 aromatic heterocycles. The van der Waals surface area contributed by atoms with Crippen molar-refractivity contribution in [1.29, 1.82) is 0 Å². The van der Waals surface area contributed by atoms with E-state index in [2.05, 4.69) is 41.0 Å². The molecular formula is C17H34N4O. The van der Waals surface area contributed by atoms with Crippen molar-refractivity contribution in [2.45, 2.75) is 39.2 Å². The van der Waals surface area contributed by atoms with Gasteiger partial charge >= 0.3 is 0 Å². The van der Waals surface area contributed by atoms with E-state index in [0.29, 0.717) is 12.0 Å². The van der Waals surface area contributed by atoms with Crippen LogP contribution in [0.3, 0.4) is 0 Å². The number of guanidine groups is 1. The van der Waals surface area contributed by atoms with Crippen molar-refractivity contribution in [1.82, 2.24) is 15.1 Å². The summed E-state index contributed by atoms with van der Waals surface area (Å²) in [6.07, 6.45) is 3.84.